The van der Waals surface area contributed by atoms with Crippen molar-refractivity contribution in [1.29, 1.82) is 0 Å². The zero-order valence-electron chi connectivity index (χ0n) is 12.0. The molecule has 0 rings (SSSR count). The van der Waals surface area contributed by atoms with Crippen LogP contribution in [0, 0.1) is 5.92 Å². The lowest BCUT2D eigenvalue weighted by Crippen LogP contribution is -2.17. The molecular formula is C15H31ClO. The molecule has 0 aromatic heterocycles. The first-order valence-corrected chi connectivity index (χ1v) is 7.95. The summed E-state index contributed by atoms with van der Waals surface area (Å²) < 4.78 is 5.68. The van der Waals surface area contributed by atoms with Gasteiger partial charge < -0.3 is 4.74 Å². The molecule has 0 saturated heterocycles. The molecule has 1 unspecified atom stereocenters. The Kier molecular flexibility index (Phi) is 12.9. The third kappa shape index (κ3) is 9.91. The summed E-state index contributed by atoms with van der Waals surface area (Å²) in [5, 5.41) is 0. The van der Waals surface area contributed by atoms with Crippen molar-refractivity contribution in [1.82, 2.24) is 0 Å². The topological polar surface area (TPSA) is 9.23 Å². The summed E-state index contributed by atoms with van der Waals surface area (Å²) in [6.07, 6.45) is 11.5. The summed E-state index contributed by atoms with van der Waals surface area (Å²) in [6, 6.07) is 0. The molecule has 104 valence electrons. The van der Waals surface area contributed by atoms with E-state index in [4.69, 9.17) is 16.3 Å². The molecule has 0 aromatic carbocycles. The van der Waals surface area contributed by atoms with Crippen LogP contribution in [0.2, 0.25) is 0 Å². The molecule has 0 aliphatic heterocycles. The van der Waals surface area contributed by atoms with Crippen molar-refractivity contribution in [3.05, 3.63) is 0 Å². The molecule has 0 fully saturated rings. The van der Waals surface area contributed by atoms with Gasteiger partial charge in [-0.25, -0.2) is 0 Å². The molecule has 17 heavy (non-hydrogen) atoms. The van der Waals surface area contributed by atoms with Gasteiger partial charge >= 0.3 is 0 Å². The van der Waals surface area contributed by atoms with Crippen LogP contribution in [-0.4, -0.2) is 12.2 Å². The standard InChI is InChI=1S/C15H31ClO/c1-4-7-8-9-10-11-12-13-17-15(16)14(5-2)6-3/h14-15H,4-13H2,1-3H3. The van der Waals surface area contributed by atoms with Crippen molar-refractivity contribution in [2.75, 3.05) is 6.61 Å². The molecule has 2 heteroatoms. The molecule has 0 aliphatic carbocycles. The largest absolute Gasteiger partial charge is 0.362 e. The highest BCUT2D eigenvalue weighted by atomic mass is 35.5. The quantitative estimate of drug-likeness (QED) is 0.321. The fourth-order valence-electron chi connectivity index (χ4n) is 2.05. The van der Waals surface area contributed by atoms with Gasteiger partial charge in [0.25, 0.3) is 0 Å². The highest BCUT2D eigenvalue weighted by molar-refractivity contribution is 6.19. The fourth-order valence-corrected chi connectivity index (χ4v) is 2.50. The normalized spacial score (nSPS) is 13.2. The Bertz CT molecular complexity index is 146. The molecule has 1 nitrogen and oxygen atoms in total. The van der Waals surface area contributed by atoms with Gasteiger partial charge in [-0.05, 0) is 25.2 Å². The molecule has 1 atom stereocenters. The van der Waals surface area contributed by atoms with Crippen molar-refractivity contribution in [3.63, 3.8) is 0 Å². The van der Waals surface area contributed by atoms with E-state index in [-0.39, 0.29) is 5.56 Å². The summed E-state index contributed by atoms with van der Waals surface area (Å²) >= 11 is 6.21. The smallest absolute Gasteiger partial charge is 0.133 e. The summed E-state index contributed by atoms with van der Waals surface area (Å²) in [4.78, 5) is 0. The van der Waals surface area contributed by atoms with Crippen LogP contribution >= 0.6 is 11.6 Å². The van der Waals surface area contributed by atoms with E-state index in [2.05, 4.69) is 20.8 Å². The first kappa shape index (κ1) is 17.2. The van der Waals surface area contributed by atoms with Crippen LogP contribution in [0.4, 0.5) is 0 Å². The predicted octanol–water partition coefficient (Wildman–Crippen LogP) is 5.75. The third-order valence-corrected chi connectivity index (χ3v) is 3.93. The van der Waals surface area contributed by atoms with E-state index in [1.807, 2.05) is 0 Å². The Balaban J connectivity index is 3.27. The van der Waals surface area contributed by atoms with Crippen LogP contribution in [0.25, 0.3) is 0 Å². The van der Waals surface area contributed by atoms with Gasteiger partial charge in [0.1, 0.15) is 5.56 Å². The Morgan fingerprint density at radius 3 is 1.88 bits per heavy atom. The van der Waals surface area contributed by atoms with Gasteiger partial charge in [0.15, 0.2) is 0 Å². The van der Waals surface area contributed by atoms with Gasteiger partial charge in [0, 0.05) is 6.61 Å². The number of ether oxygens (including phenoxy) is 1. The average molecular weight is 263 g/mol. The zero-order chi connectivity index (χ0) is 12.9. The summed E-state index contributed by atoms with van der Waals surface area (Å²) in [5.41, 5.74) is -0.0786. The lowest BCUT2D eigenvalue weighted by atomic mass is 10.1. The Labute approximate surface area is 113 Å². The Morgan fingerprint density at radius 2 is 1.35 bits per heavy atom. The second-order valence-corrected chi connectivity index (χ2v) is 5.35. The van der Waals surface area contributed by atoms with E-state index in [0.29, 0.717) is 5.92 Å². The maximum Gasteiger partial charge on any atom is 0.133 e. The molecule has 0 N–H and O–H groups in total. The number of hydrogen-bond acceptors (Lipinski definition) is 1. The van der Waals surface area contributed by atoms with Gasteiger partial charge in [-0.2, -0.15) is 0 Å². The van der Waals surface area contributed by atoms with E-state index in [9.17, 15) is 0 Å². The first-order valence-electron chi connectivity index (χ1n) is 7.51. The zero-order valence-corrected chi connectivity index (χ0v) is 12.8. The minimum absolute atomic E-state index is 0.0786. The van der Waals surface area contributed by atoms with Gasteiger partial charge in [-0.1, -0.05) is 70.9 Å². The maximum absolute atomic E-state index is 6.21. The highest BCUT2D eigenvalue weighted by Crippen LogP contribution is 2.20. The van der Waals surface area contributed by atoms with Crippen LogP contribution in [0.15, 0.2) is 0 Å². The average Bonchev–Trinajstić information content (AvgIpc) is 2.34. The van der Waals surface area contributed by atoms with Crippen molar-refractivity contribution in [2.45, 2.75) is 84.1 Å². The van der Waals surface area contributed by atoms with Crippen molar-refractivity contribution in [3.8, 4) is 0 Å². The van der Waals surface area contributed by atoms with Gasteiger partial charge in [-0.3, -0.25) is 0 Å². The van der Waals surface area contributed by atoms with E-state index in [1.54, 1.807) is 0 Å². The highest BCUT2D eigenvalue weighted by Gasteiger charge is 2.15. The van der Waals surface area contributed by atoms with E-state index < -0.39 is 0 Å². The van der Waals surface area contributed by atoms with E-state index in [0.717, 1.165) is 25.9 Å². The fraction of sp³-hybridized carbons (Fsp3) is 1.00. The Hall–Kier alpha value is 0.250. The molecule has 0 saturated carbocycles. The van der Waals surface area contributed by atoms with Gasteiger partial charge in [-0.15, -0.1) is 0 Å². The molecule has 0 bridgehead atoms. The first-order chi connectivity index (χ1) is 8.26. The molecule has 0 spiro atoms. The van der Waals surface area contributed by atoms with Crippen LogP contribution < -0.4 is 0 Å². The number of alkyl halides is 1. The number of hydrogen-bond donors (Lipinski definition) is 0. The van der Waals surface area contributed by atoms with E-state index in [1.165, 1.54) is 38.5 Å². The molecule has 0 heterocycles. The molecule has 0 aromatic rings. The SMILES string of the molecule is CCCCCCCCCOC(Cl)C(CC)CC. The lowest BCUT2D eigenvalue weighted by Gasteiger charge is -2.19. The summed E-state index contributed by atoms with van der Waals surface area (Å²) in [7, 11) is 0. The van der Waals surface area contributed by atoms with Crippen molar-refractivity contribution >= 4 is 11.6 Å². The van der Waals surface area contributed by atoms with Gasteiger partial charge in [0.2, 0.25) is 0 Å². The maximum atomic E-state index is 6.21. The lowest BCUT2D eigenvalue weighted by molar-refractivity contribution is 0.0622. The third-order valence-electron chi connectivity index (χ3n) is 3.44. The molecule has 0 aliphatic rings. The minimum atomic E-state index is -0.0786. The van der Waals surface area contributed by atoms with Crippen LogP contribution in [0.1, 0.15) is 78.6 Å². The predicted molar refractivity (Wildman–Crippen MR) is 77.7 cm³/mol. The van der Waals surface area contributed by atoms with Gasteiger partial charge in [0.05, 0.1) is 0 Å². The van der Waals surface area contributed by atoms with Crippen LogP contribution in [0.3, 0.4) is 0 Å². The molecule has 0 amide bonds. The number of unbranched alkanes of at least 4 members (excludes halogenated alkanes) is 6. The second kappa shape index (κ2) is 12.7. The second-order valence-electron chi connectivity index (χ2n) is 4.92. The monoisotopic (exact) mass is 262 g/mol. The molecular weight excluding hydrogens is 232 g/mol. The Morgan fingerprint density at radius 1 is 0.824 bits per heavy atom. The van der Waals surface area contributed by atoms with Crippen LogP contribution in [-0.2, 0) is 4.74 Å². The minimum Gasteiger partial charge on any atom is -0.362 e. The van der Waals surface area contributed by atoms with Crippen LogP contribution in [0.5, 0.6) is 0 Å². The molecule has 0 radical (unpaired) electrons. The van der Waals surface area contributed by atoms with Crippen molar-refractivity contribution in [2.24, 2.45) is 5.92 Å². The summed E-state index contributed by atoms with van der Waals surface area (Å²) in [5.74, 6) is 0.515. The number of halogens is 1. The number of rotatable bonds is 12. The van der Waals surface area contributed by atoms with Crippen molar-refractivity contribution < 1.29 is 4.74 Å². The van der Waals surface area contributed by atoms with E-state index >= 15 is 0 Å². The summed E-state index contributed by atoms with van der Waals surface area (Å²) in [6.45, 7) is 7.45.